The first kappa shape index (κ1) is 12.2. The standard InChI is InChI=1S/C13H15N3O2S/c1-8(2)16-12(14-15-13(16)19)9-3-4-10-11(7-9)18-6-5-17-10/h3-4,7-8H,5-6H2,1-2H3,(H,15,19). The number of hydrogen-bond donors (Lipinski definition) is 1. The molecule has 0 fully saturated rings. The molecule has 19 heavy (non-hydrogen) atoms. The van der Waals surface area contributed by atoms with Crippen LogP contribution in [0.5, 0.6) is 11.5 Å². The van der Waals surface area contributed by atoms with Crippen LogP contribution in [0.4, 0.5) is 0 Å². The van der Waals surface area contributed by atoms with Gasteiger partial charge in [0.25, 0.3) is 0 Å². The Morgan fingerprint density at radius 3 is 2.74 bits per heavy atom. The smallest absolute Gasteiger partial charge is 0.195 e. The maximum absolute atomic E-state index is 5.59. The van der Waals surface area contributed by atoms with E-state index in [0.29, 0.717) is 18.0 Å². The highest BCUT2D eigenvalue weighted by Crippen LogP contribution is 2.34. The molecule has 0 atom stereocenters. The normalized spacial score (nSPS) is 13.8. The van der Waals surface area contributed by atoms with Crippen LogP contribution in [0, 0.1) is 4.77 Å². The van der Waals surface area contributed by atoms with Gasteiger partial charge < -0.3 is 9.47 Å². The molecule has 3 rings (SSSR count). The summed E-state index contributed by atoms with van der Waals surface area (Å²) in [5.41, 5.74) is 0.963. The summed E-state index contributed by atoms with van der Waals surface area (Å²) >= 11 is 5.26. The van der Waals surface area contributed by atoms with Gasteiger partial charge in [-0.1, -0.05) is 0 Å². The van der Waals surface area contributed by atoms with E-state index in [1.165, 1.54) is 0 Å². The van der Waals surface area contributed by atoms with Gasteiger partial charge in [0.2, 0.25) is 0 Å². The number of nitrogens with one attached hydrogen (secondary N) is 1. The van der Waals surface area contributed by atoms with E-state index in [1.54, 1.807) is 0 Å². The molecule has 1 aliphatic heterocycles. The summed E-state index contributed by atoms with van der Waals surface area (Å²) < 4.78 is 13.7. The van der Waals surface area contributed by atoms with Crippen LogP contribution in [0.15, 0.2) is 18.2 Å². The molecule has 2 aromatic rings. The summed E-state index contributed by atoms with van der Waals surface area (Å²) in [5.74, 6) is 2.35. The lowest BCUT2D eigenvalue weighted by Gasteiger charge is -2.19. The molecule has 1 N–H and O–H groups in total. The number of ether oxygens (including phenoxy) is 2. The van der Waals surface area contributed by atoms with Crippen LogP contribution in [-0.2, 0) is 0 Å². The Labute approximate surface area is 116 Å². The molecule has 0 saturated heterocycles. The topological polar surface area (TPSA) is 52.1 Å². The second kappa shape index (κ2) is 4.70. The maximum Gasteiger partial charge on any atom is 0.195 e. The van der Waals surface area contributed by atoms with Gasteiger partial charge in [-0.25, -0.2) is 0 Å². The first-order chi connectivity index (χ1) is 9.16. The molecule has 0 saturated carbocycles. The van der Waals surface area contributed by atoms with E-state index in [-0.39, 0.29) is 6.04 Å². The fraction of sp³-hybridized carbons (Fsp3) is 0.385. The monoisotopic (exact) mass is 277 g/mol. The number of hydrogen-bond acceptors (Lipinski definition) is 4. The Kier molecular flexibility index (Phi) is 3.02. The van der Waals surface area contributed by atoms with E-state index in [2.05, 4.69) is 24.0 Å². The van der Waals surface area contributed by atoms with Gasteiger partial charge in [-0.2, -0.15) is 5.10 Å². The van der Waals surface area contributed by atoms with Crippen LogP contribution in [0.3, 0.4) is 0 Å². The molecule has 0 aliphatic carbocycles. The Balaban J connectivity index is 2.10. The third-order valence-corrected chi connectivity index (χ3v) is 3.31. The van der Waals surface area contributed by atoms with Crippen LogP contribution in [-0.4, -0.2) is 28.0 Å². The summed E-state index contributed by atoms with van der Waals surface area (Å²) in [5, 5.41) is 7.15. The minimum absolute atomic E-state index is 0.245. The van der Waals surface area contributed by atoms with Crippen molar-refractivity contribution in [1.82, 2.24) is 14.8 Å². The molecule has 0 spiro atoms. The molecule has 100 valence electrons. The molecule has 1 aromatic carbocycles. The lowest BCUT2D eigenvalue weighted by molar-refractivity contribution is 0.171. The molecule has 5 nitrogen and oxygen atoms in total. The highest BCUT2D eigenvalue weighted by molar-refractivity contribution is 7.71. The van der Waals surface area contributed by atoms with E-state index in [9.17, 15) is 0 Å². The van der Waals surface area contributed by atoms with Gasteiger partial charge in [-0.15, -0.1) is 0 Å². The summed E-state index contributed by atoms with van der Waals surface area (Å²) in [6.45, 7) is 5.32. The van der Waals surface area contributed by atoms with Crippen molar-refractivity contribution in [3.63, 3.8) is 0 Å². The van der Waals surface area contributed by atoms with E-state index in [4.69, 9.17) is 21.7 Å². The van der Waals surface area contributed by atoms with Gasteiger partial charge in [0, 0.05) is 11.6 Å². The molecule has 1 aliphatic rings. The highest BCUT2D eigenvalue weighted by Gasteiger charge is 2.16. The van der Waals surface area contributed by atoms with Crippen molar-refractivity contribution in [1.29, 1.82) is 0 Å². The maximum atomic E-state index is 5.59. The summed E-state index contributed by atoms with van der Waals surface area (Å²) in [6.07, 6.45) is 0. The van der Waals surface area contributed by atoms with Crippen LogP contribution < -0.4 is 9.47 Å². The zero-order valence-corrected chi connectivity index (χ0v) is 11.7. The summed E-state index contributed by atoms with van der Waals surface area (Å²) in [6, 6.07) is 6.07. The van der Waals surface area contributed by atoms with Crippen molar-refractivity contribution in [2.24, 2.45) is 0 Å². The predicted molar refractivity (Wildman–Crippen MR) is 74.2 cm³/mol. The van der Waals surface area contributed by atoms with Gasteiger partial charge in [0.1, 0.15) is 13.2 Å². The molecule has 6 heteroatoms. The predicted octanol–water partition coefficient (Wildman–Crippen LogP) is 2.96. The van der Waals surface area contributed by atoms with Gasteiger partial charge in [0.15, 0.2) is 22.1 Å². The average Bonchev–Trinajstić information content (AvgIpc) is 2.80. The molecular weight excluding hydrogens is 262 g/mol. The number of benzene rings is 1. The van der Waals surface area contributed by atoms with Crippen LogP contribution in [0.2, 0.25) is 0 Å². The summed E-state index contributed by atoms with van der Waals surface area (Å²) in [4.78, 5) is 0. The van der Waals surface area contributed by atoms with Crippen LogP contribution >= 0.6 is 12.2 Å². The molecule has 0 radical (unpaired) electrons. The van der Waals surface area contributed by atoms with Gasteiger partial charge >= 0.3 is 0 Å². The number of aromatic nitrogens is 3. The Hall–Kier alpha value is -1.82. The van der Waals surface area contributed by atoms with Crippen LogP contribution in [0.25, 0.3) is 11.4 Å². The molecule has 0 amide bonds. The minimum atomic E-state index is 0.245. The van der Waals surface area contributed by atoms with Crippen LogP contribution in [0.1, 0.15) is 19.9 Å². The lowest BCUT2D eigenvalue weighted by Crippen LogP contribution is -2.15. The molecular formula is C13H15N3O2S. The van der Waals surface area contributed by atoms with Gasteiger partial charge in [0.05, 0.1) is 0 Å². The molecule has 2 heterocycles. The number of fused-ring (bicyclic) bond motifs is 1. The zero-order chi connectivity index (χ0) is 13.4. The van der Waals surface area contributed by atoms with E-state index >= 15 is 0 Å². The highest BCUT2D eigenvalue weighted by atomic mass is 32.1. The van der Waals surface area contributed by atoms with E-state index < -0.39 is 0 Å². The van der Waals surface area contributed by atoms with Crippen molar-refractivity contribution >= 4 is 12.2 Å². The largest absolute Gasteiger partial charge is 0.486 e. The fourth-order valence-electron chi connectivity index (χ4n) is 2.17. The Morgan fingerprint density at radius 2 is 2.00 bits per heavy atom. The minimum Gasteiger partial charge on any atom is -0.486 e. The first-order valence-corrected chi connectivity index (χ1v) is 6.64. The van der Waals surface area contributed by atoms with Crippen molar-refractivity contribution < 1.29 is 9.47 Å². The number of H-pyrrole nitrogens is 1. The molecule has 0 unspecified atom stereocenters. The SMILES string of the molecule is CC(C)n1c(-c2ccc3c(c2)OCCO3)n[nH]c1=S. The van der Waals surface area contributed by atoms with Crippen molar-refractivity contribution in [3.8, 4) is 22.9 Å². The second-order valence-corrected chi connectivity index (χ2v) is 5.06. The Morgan fingerprint density at radius 1 is 1.26 bits per heavy atom. The third kappa shape index (κ3) is 2.12. The average molecular weight is 277 g/mol. The molecule has 0 bridgehead atoms. The second-order valence-electron chi connectivity index (χ2n) is 4.67. The first-order valence-electron chi connectivity index (χ1n) is 6.24. The lowest BCUT2D eigenvalue weighted by atomic mass is 10.1. The quantitative estimate of drug-likeness (QED) is 0.857. The van der Waals surface area contributed by atoms with Gasteiger partial charge in [-0.05, 0) is 44.3 Å². The number of aromatic amines is 1. The fourth-order valence-corrected chi connectivity index (χ4v) is 2.51. The zero-order valence-electron chi connectivity index (χ0n) is 10.8. The van der Waals surface area contributed by atoms with Crippen molar-refractivity contribution in [2.75, 3.05) is 13.2 Å². The third-order valence-electron chi connectivity index (χ3n) is 3.02. The Bertz CT molecular complexity index is 660. The van der Waals surface area contributed by atoms with Crippen molar-refractivity contribution in [3.05, 3.63) is 23.0 Å². The van der Waals surface area contributed by atoms with Gasteiger partial charge in [-0.3, -0.25) is 9.67 Å². The van der Waals surface area contributed by atoms with Crippen molar-refractivity contribution in [2.45, 2.75) is 19.9 Å². The van der Waals surface area contributed by atoms with E-state index in [0.717, 1.165) is 22.9 Å². The molecule has 1 aromatic heterocycles. The number of nitrogens with zero attached hydrogens (tertiary/aromatic N) is 2. The number of rotatable bonds is 2. The summed E-state index contributed by atoms with van der Waals surface area (Å²) in [7, 11) is 0. The van der Waals surface area contributed by atoms with E-state index in [1.807, 2.05) is 22.8 Å².